The summed E-state index contributed by atoms with van der Waals surface area (Å²) in [5.41, 5.74) is 0. The number of unbranched alkanes of at least 4 members (excludes halogenated alkanes) is 2. The highest BCUT2D eigenvalue weighted by atomic mass is 15.1. The molecule has 2 radical (unpaired) electrons. The first-order valence-electron chi connectivity index (χ1n) is 4.20. The molecule has 0 spiro atoms. The highest BCUT2D eigenvalue weighted by Gasteiger charge is 1.93. The van der Waals surface area contributed by atoms with Gasteiger partial charge in [0.15, 0.2) is 0 Å². The van der Waals surface area contributed by atoms with E-state index in [1.807, 2.05) is 0 Å². The summed E-state index contributed by atoms with van der Waals surface area (Å²) in [5, 5.41) is 0. The standard InChI is InChI=1S/C9H19N/c1-4-6-7-9-10(3)8-5-2/h2H,4-9H2,1,3H3. The minimum atomic E-state index is 0.780. The number of rotatable bonds is 6. The van der Waals surface area contributed by atoms with Crippen molar-refractivity contribution in [3.8, 4) is 0 Å². The zero-order valence-corrected chi connectivity index (χ0v) is 7.27. The van der Waals surface area contributed by atoms with E-state index in [9.17, 15) is 0 Å². The Balaban J connectivity index is 2.97. The second-order valence-corrected chi connectivity index (χ2v) is 2.80. The fraction of sp³-hybridized carbons (Fsp3) is 0.889. The maximum atomic E-state index is 5.39. The molecular formula is C9H19N. The first-order chi connectivity index (χ1) is 4.81. The topological polar surface area (TPSA) is 3.24 Å². The second kappa shape index (κ2) is 7.07. The van der Waals surface area contributed by atoms with Crippen molar-refractivity contribution < 1.29 is 0 Å². The molecule has 0 saturated carbocycles. The van der Waals surface area contributed by atoms with Crippen LogP contribution < -0.4 is 0 Å². The smallest absolute Gasteiger partial charge is 0.00189 e. The zero-order valence-electron chi connectivity index (χ0n) is 7.27. The van der Waals surface area contributed by atoms with Crippen molar-refractivity contribution >= 4 is 0 Å². The van der Waals surface area contributed by atoms with Gasteiger partial charge in [-0.3, -0.25) is 0 Å². The van der Waals surface area contributed by atoms with Crippen LogP contribution in [0.2, 0.25) is 0 Å². The van der Waals surface area contributed by atoms with Crippen molar-refractivity contribution in [2.24, 2.45) is 0 Å². The molecule has 1 nitrogen and oxygen atoms in total. The summed E-state index contributed by atoms with van der Waals surface area (Å²) >= 11 is 0. The molecule has 1 heteroatoms. The molecule has 60 valence electrons. The molecular weight excluding hydrogens is 122 g/mol. The maximum Gasteiger partial charge on any atom is -0.00189 e. The van der Waals surface area contributed by atoms with Gasteiger partial charge in [-0.05, 0) is 39.9 Å². The van der Waals surface area contributed by atoms with E-state index >= 15 is 0 Å². The Labute approximate surface area is 65.4 Å². The normalized spacial score (nSPS) is 10.8. The predicted molar refractivity (Wildman–Crippen MR) is 45.9 cm³/mol. The summed E-state index contributed by atoms with van der Waals surface area (Å²) in [5.74, 6) is 0. The van der Waals surface area contributed by atoms with E-state index in [2.05, 4.69) is 18.9 Å². The van der Waals surface area contributed by atoms with Gasteiger partial charge in [0.1, 0.15) is 0 Å². The van der Waals surface area contributed by atoms with Crippen molar-refractivity contribution in [1.82, 2.24) is 4.90 Å². The Kier molecular flexibility index (Phi) is 7.04. The number of hydrogen-bond acceptors (Lipinski definition) is 1. The Bertz CT molecular complexity index is 61.7. The molecule has 0 aromatic carbocycles. The summed E-state index contributed by atoms with van der Waals surface area (Å²) in [4.78, 5) is 2.29. The van der Waals surface area contributed by atoms with Gasteiger partial charge in [-0.2, -0.15) is 0 Å². The van der Waals surface area contributed by atoms with Crippen molar-refractivity contribution in [3.05, 3.63) is 6.92 Å². The van der Waals surface area contributed by atoms with E-state index in [0.717, 1.165) is 13.0 Å². The first kappa shape index (κ1) is 9.96. The van der Waals surface area contributed by atoms with Gasteiger partial charge in [0.25, 0.3) is 0 Å². The Morgan fingerprint density at radius 3 is 2.40 bits per heavy atom. The maximum absolute atomic E-state index is 5.39. The zero-order chi connectivity index (χ0) is 7.82. The lowest BCUT2D eigenvalue weighted by atomic mass is 10.2. The van der Waals surface area contributed by atoms with Crippen molar-refractivity contribution in [2.75, 3.05) is 20.1 Å². The third kappa shape index (κ3) is 6.09. The van der Waals surface area contributed by atoms with Gasteiger partial charge in [0.05, 0.1) is 0 Å². The first-order valence-corrected chi connectivity index (χ1v) is 4.20. The Morgan fingerprint density at radius 1 is 1.20 bits per heavy atom. The fourth-order valence-electron chi connectivity index (χ4n) is 0.964. The molecule has 0 atom stereocenters. The fourth-order valence-corrected chi connectivity index (χ4v) is 0.964. The highest BCUT2D eigenvalue weighted by Crippen LogP contribution is 1.96. The van der Waals surface area contributed by atoms with Crippen molar-refractivity contribution in [1.29, 1.82) is 0 Å². The third-order valence-corrected chi connectivity index (χ3v) is 1.65. The van der Waals surface area contributed by atoms with Gasteiger partial charge >= 0.3 is 0 Å². The molecule has 0 aliphatic carbocycles. The minimum Gasteiger partial charge on any atom is -0.306 e. The van der Waals surface area contributed by atoms with Crippen LogP contribution >= 0.6 is 0 Å². The van der Waals surface area contributed by atoms with E-state index in [1.54, 1.807) is 0 Å². The molecule has 0 amide bonds. The third-order valence-electron chi connectivity index (χ3n) is 1.65. The van der Waals surface area contributed by atoms with Gasteiger partial charge in [0, 0.05) is 0 Å². The van der Waals surface area contributed by atoms with Gasteiger partial charge in [0.2, 0.25) is 0 Å². The largest absolute Gasteiger partial charge is 0.306 e. The van der Waals surface area contributed by atoms with Crippen LogP contribution in [0.5, 0.6) is 0 Å². The lowest BCUT2D eigenvalue weighted by Gasteiger charge is -2.14. The molecule has 0 saturated heterocycles. The van der Waals surface area contributed by atoms with Crippen LogP contribution in [-0.2, 0) is 0 Å². The Hall–Kier alpha value is -0.0400. The molecule has 0 heterocycles. The summed E-state index contributed by atoms with van der Waals surface area (Å²) in [6.07, 6.45) is 4.74. The van der Waals surface area contributed by atoms with E-state index in [4.69, 9.17) is 6.92 Å². The van der Waals surface area contributed by atoms with Crippen LogP contribution in [0.4, 0.5) is 0 Å². The van der Waals surface area contributed by atoms with Crippen LogP contribution in [0, 0.1) is 6.92 Å². The molecule has 0 aromatic heterocycles. The number of hydrogen-bond donors (Lipinski definition) is 0. The van der Waals surface area contributed by atoms with Crippen LogP contribution in [0.1, 0.15) is 32.6 Å². The van der Waals surface area contributed by atoms with E-state index in [0.29, 0.717) is 0 Å². The van der Waals surface area contributed by atoms with Crippen LogP contribution in [0.25, 0.3) is 0 Å². The van der Waals surface area contributed by atoms with Gasteiger partial charge < -0.3 is 4.90 Å². The lowest BCUT2D eigenvalue weighted by Crippen LogP contribution is -2.20. The van der Waals surface area contributed by atoms with E-state index in [1.165, 1.54) is 25.8 Å². The quantitative estimate of drug-likeness (QED) is 0.513. The van der Waals surface area contributed by atoms with Crippen LogP contribution in [0.3, 0.4) is 0 Å². The molecule has 0 bridgehead atoms. The van der Waals surface area contributed by atoms with E-state index < -0.39 is 0 Å². The molecule has 0 unspecified atom stereocenters. The molecule has 0 aliphatic rings. The van der Waals surface area contributed by atoms with Crippen molar-refractivity contribution in [3.63, 3.8) is 0 Å². The molecule has 10 heavy (non-hydrogen) atoms. The predicted octanol–water partition coefficient (Wildman–Crippen LogP) is 2.21. The summed E-state index contributed by atoms with van der Waals surface area (Å²) in [6, 6.07) is 0. The summed E-state index contributed by atoms with van der Waals surface area (Å²) in [7, 11) is 2.13. The average molecular weight is 141 g/mol. The monoisotopic (exact) mass is 141 g/mol. The van der Waals surface area contributed by atoms with Crippen LogP contribution in [-0.4, -0.2) is 25.0 Å². The summed E-state index contributed by atoms with van der Waals surface area (Å²) in [6.45, 7) is 9.85. The van der Waals surface area contributed by atoms with E-state index in [-0.39, 0.29) is 0 Å². The SMILES string of the molecule is [CH]CCN(C)CCCCC. The molecule has 0 fully saturated rings. The van der Waals surface area contributed by atoms with Crippen LogP contribution in [0.15, 0.2) is 0 Å². The molecule has 0 N–H and O–H groups in total. The highest BCUT2D eigenvalue weighted by molar-refractivity contribution is 4.52. The molecule has 0 aromatic rings. The van der Waals surface area contributed by atoms with Gasteiger partial charge in [-0.25, -0.2) is 0 Å². The number of nitrogens with zero attached hydrogens (tertiary/aromatic N) is 1. The molecule has 0 rings (SSSR count). The van der Waals surface area contributed by atoms with Gasteiger partial charge in [-0.15, -0.1) is 0 Å². The molecule has 0 aliphatic heterocycles. The van der Waals surface area contributed by atoms with Crippen molar-refractivity contribution in [2.45, 2.75) is 32.6 Å². The minimum absolute atomic E-state index is 0.780. The summed E-state index contributed by atoms with van der Waals surface area (Å²) < 4.78 is 0. The Morgan fingerprint density at radius 2 is 1.90 bits per heavy atom. The second-order valence-electron chi connectivity index (χ2n) is 2.80. The average Bonchev–Trinajstić information content (AvgIpc) is 1.89. The van der Waals surface area contributed by atoms with Gasteiger partial charge in [-0.1, -0.05) is 19.8 Å². The lowest BCUT2D eigenvalue weighted by molar-refractivity contribution is 0.331.